The molecule has 1 amide bonds. The van der Waals surface area contributed by atoms with Crippen LogP contribution in [0, 0.1) is 11.8 Å². The Hall–Kier alpha value is -0.970. The van der Waals surface area contributed by atoms with Crippen molar-refractivity contribution >= 4 is 29.1 Å². The van der Waals surface area contributed by atoms with Gasteiger partial charge in [-0.2, -0.15) is 0 Å². The van der Waals surface area contributed by atoms with Crippen LogP contribution in [0.15, 0.2) is 12.1 Å². The van der Waals surface area contributed by atoms with Gasteiger partial charge in [-0.25, -0.2) is 0 Å². The van der Waals surface area contributed by atoms with E-state index in [0.29, 0.717) is 21.9 Å². The fraction of sp³-hybridized carbons (Fsp3) is 0.588. The molecule has 2 heterocycles. The number of nitrogens with zero attached hydrogens (tertiary/aromatic N) is 1. The molecule has 0 aliphatic carbocycles. The quantitative estimate of drug-likeness (QED) is 0.874. The molecule has 0 bridgehead atoms. The summed E-state index contributed by atoms with van der Waals surface area (Å²) in [5, 5.41) is 14.1. The Balaban J connectivity index is 1.55. The number of phenols is 1. The van der Waals surface area contributed by atoms with Gasteiger partial charge in [-0.3, -0.25) is 4.79 Å². The summed E-state index contributed by atoms with van der Waals surface area (Å²) in [6.07, 6.45) is 3.66. The molecule has 2 N–H and O–H groups in total. The van der Waals surface area contributed by atoms with Crippen LogP contribution in [-0.2, 0) is 11.2 Å². The number of nitrogens with one attached hydrogen (secondary N) is 1. The molecule has 3 rings (SSSR count). The van der Waals surface area contributed by atoms with E-state index in [1.165, 1.54) is 6.07 Å². The molecule has 1 aromatic rings. The number of phenolic OH excluding ortho intramolecular Hbond substituents is 1. The maximum Gasteiger partial charge on any atom is 0.227 e. The Morgan fingerprint density at radius 3 is 2.57 bits per heavy atom. The summed E-state index contributed by atoms with van der Waals surface area (Å²) in [6.45, 7) is 3.38. The zero-order valence-corrected chi connectivity index (χ0v) is 14.5. The molecule has 23 heavy (non-hydrogen) atoms. The number of likely N-dealkylation sites (tertiary alicyclic amines) is 1. The predicted octanol–water partition coefficient (Wildman–Crippen LogP) is 3.09. The molecule has 0 spiro atoms. The molecule has 2 saturated heterocycles. The molecule has 2 aliphatic rings. The first-order chi connectivity index (χ1) is 11.0. The van der Waals surface area contributed by atoms with E-state index in [4.69, 9.17) is 23.2 Å². The lowest BCUT2D eigenvalue weighted by Gasteiger charge is -2.33. The first-order valence-electron chi connectivity index (χ1n) is 8.21. The third-order valence-corrected chi connectivity index (χ3v) is 5.69. The van der Waals surface area contributed by atoms with Crippen molar-refractivity contribution in [2.45, 2.75) is 25.7 Å². The van der Waals surface area contributed by atoms with E-state index in [1.54, 1.807) is 6.07 Å². The van der Waals surface area contributed by atoms with Gasteiger partial charge in [-0.1, -0.05) is 23.2 Å². The molecule has 0 aromatic heterocycles. The fourth-order valence-corrected chi connectivity index (χ4v) is 3.88. The van der Waals surface area contributed by atoms with E-state index in [1.807, 2.05) is 4.90 Å². The molecule has 1 unspecified atom stereocenters. The van der Waals surface area contributed by atoms with Crippen molar-refractivity contribution in [3.05, 3.63) is 27.7 Å². The summed E-state index contributed by atoms with van der Waals surface area (Å²) < 4.78 is 0. The monoisotopic (exact) mass is 356 g/mol. The third-order valence-electron chi connectivity index (χ3n) is 4.97. The lowest BCUT2D eigenvalue weighted by Crippen LogP contribution is -2.42. The number of halogens is 2. The minimum absolute atomic E-state index is 0.158. The van der Waals surface area contributed by atoms with Crippen molar-refractivity contribution < 1.29 is 9.90 Å². The van der Waals surface area contributed by atoms with Gasteiger partial charge < -0.3 is 15.3 Å². The highest BCUT2D eigenvalue weighted by molar-refractivity contribution is 6.42. The molecule has 1 aromatic carbocycles. The molecule has 2 fully saturated rings. The van der Waals surface area contributed by atoms with Gasteiger partial charge in [0.05, 0.1) is 16.0 Å². The Labute approximate surface area is 146 Å². The van der Waals surface area contributed by atoms with E-state index in [9.17, 15) is 9.90 Å². The first kappa shape index (κ1) is 16.9. The zero-order chi connectivity index (χ0) is 16.4. The smallest absolute Gasteiger partial charge is 0.227 e. The van der Waals surface area contributed by atoms with E-state index < -0.39 is 0 Å². The summed E-state index contributed by atoms with van der Waals surface area (Å²) in [6, 6.07) is 3.26. The third kappa shape index (κ3) is 3.93. The maximum atomic E-state index is 12.4. The second-order valence-corrected chi connectivity index (χ2v) is 7.37. The average molecular weight is 357 g/mol. The van der Waals surface area contributed by atoms with Crippen molar-refractivity contribution in [2.75, 3.05) is 26.2 Å². The molecule has 6 heteroatoms. The highest BCUT2D eigenvalue weighted by Gasteiger charge is 2.30. The number of aromatic hydroxyl groups is 1. The summed E-state index contributed by atoms with van der Waals surface area (Å²) in [4.78, 5) is 14.4. The molecule has 4 nitrogen and oxygen atoms in total. The normalized spacial score (nSPS) is 22.5. The van der Waals surface area contributed by atoms with Gasteiger partial charge in [-0.05, 0) is 49.8 Å². The van der Waals surface area contributed by atoms with Crippen LogP contribution < -0.4 is 5.32 Å². The highest BCUT2D eigenvalue weighted by Crippen LogP contribution is 2.33. The first-order valence-corrected chi connectivity index (χ1v) is 8.96. The van der Waals surface area contributed by atoms with Crippen LogP contribution in [0.2, 0.25) is 10.0 Å². The molecular formula is C17H22Cl2N2O2. The molecular weight excluding hydrogens is 335 g/mol. The number of hydrogen-bond donors (Lipinski definition) is 2. The van der Waals surface area contributed by atoms with Crippen molar-refractivity contribution in [2.24, 2.45) is 11.8 Å². The van der Waals surface area contributed by atoms with Crippen molar-refractivity contribution in [1.29, 1.82) is 0 Å². The second-order valence-electron chi connectivity index (χ2n) is 6.56. The minimum atomic E-state index is 0.158. The highest BCUT2D eigenvalue weighted by atomic mass is 35.5. The topological polar surface area (TPSA) is 52.6 Å². The Bertz CT molecular complexity index is 580. The van der Waals surface area contributed by atoms with Gasteiger partial charge in [0, 0.05) is 25.7 Å². The second kappa shape index (κ2) is 7.29. The number of amides is 1. The van der Waals surface area contributed by atoms with E-state index in [0.717, 1.165) is 57.4 Å². The van der Waals surface area contributed by atoms with Crippen LogP contribution >= 0.6 is 23.2 Å². The van der Waals surface area contributed by atoms with Crippen LogP contribution in [0.1, 0.15) is 24.8 Å². The summed E-state index contributed by atoms with van der Waals surface area (Å²) in [7, 11) is 0. The summed E-state index contributed by atoms with van der Waals surface area (Å²) in [5.41, 5.74) is 0.837. The average Bonchev–Trinajstić information content (AvgIpc) is 3.07. The summed E-state index contributed by atoms with van der Waals surface area (Å²) >= 11 is 11.9. The largest absolute Gasteiger partial charge is 0.508 e. The molecule has 1 atom stereocenters. The van der Waals surface area contributed by atoms with Crippen LogP contribution in [0.5, 0.6) is 5.75 Å². The van der Waals surface area contributed by atoms with Crippen LogP contribution in [0.25, 0.3) is 0 Å². The van der Waals surface area contributed by atoms with E-state index >= 15 is 0 Å². The van der Waals surface area contributed by atoms with Gasteiger partial charge in [0.2, 0.25) is 5.91 Å². The van der Waals surface area contributed by atoms with Crippen molar-refractivity contribution in [1.82, 2.24) is 10.2 Å². The standard InChI is InChI=1S/C17H22Cl2N2O2/c18-14-8-13(16(22)9-15(14)19)7-11-2-5-21(6-3-11)17(23)12-1-4-20-10-12/h8-9,11-12,20,22H,1-7,10H2. The van der Waals surface area contributed by atoms with Gasteiger partial charge in [0.25, 0.3) is 0 Å². The maximum absolute atomic E-state index is 12.4. The van der Waals surface area contributed by atoms with Crippen LogP contribution in [-0.4, -0.2) is 42.1 Å². The number of carbonyl (C=O) groups is 1. The molecule has 126 valence electrons. The van der Waals surface area contributed by atoms with Crippen molar-refractivity contribution in [3.63, 3.8) is 0 Å². The molecule has 0 saturated carbocycles. The lowest BCUT2D eigenvalue weighted by atomic mass is 9.89. The number of benzene rings is 1. The lowest BCUT2D eigenvalue weighted by molar-refractivity contribution is -0.136. The van der Waals surface area contributed by atoms with Crippen molar-refractivity contribution in [3.8, 4) is 5.75 Å². The molecule has 2 aliphatic heterocycles. The summed E-state index contributed by atoms with van der Waals surface area (Å²) in [5.74, 6) is 1.12. The SMILES string of the molecule is O=C(C1CCNC1)N1CCC(Cc2cc(Cl)c(Cl)cc2O)CC1. The van der Waals surface area contributed by atoms with Crippen LogP contribution in [0.4, 0.5) is 0 Å². The minimum Gasteiger partial charge on any atom is -0.508 e. The van der Waals surface area contributed by atoms with Gasteiger partial charge >= 0.3 is 0 Å². The number of hydrogen-bond acceptors (Lipinski definition) is 3. The van der Waals surface area contributed by atoms with Gasteiger partial charge in [-0.15, -0.1) is 0 Å². The van der Waals surface area contributed by atoms with Gasteiger partial charge in [0.15, 0.2) is 0 Å². The fourth-order valence-electron chi connectivity index (χ4n) is 3.53. The number of piperidine rings is 1. The predicted molar refractivity (Wildman–Crippen MR) is 92.1 cm³/mol. The van der Waals surface area contributed by atoms with E-state index in [-0.39, 0.29) is 11.7 Å². The van der Waals surface area contributed by atoms with E-state index in [2.05, 4.69) is 5.32 Å². The van der Waals surface area contributed by atoms with Crippen LogP contribution in [0.3, 0.4) is 0 Å². The Kier molecular flexibility index (Phi) is 5.34. The Morgan fingerprint density at radius 1 is 1.22 bits per heavy atom. The van der Waals surface area contributed by atoms with Gasteiger partial charge in [0.1, 0.15) is 5.75 Å². The Morgan fingerprint density at radius 2 is 1.91 bits per heavy atom. The zero-order valence-electron chi connectivity index (χ0n) is 13.0. The number of carbonyl (C=O) groups excluding carboxylic acids is 1. The molecule has 0 radical (unpaired) electrons. The number of rotatable bonds is 3.